The minimum absolute atomic E-state index is 0. The van der Waals surface area contributed by atoms with Crippen molar-refractivity contribution in [3.63, 3.8) is 0 Å². The molecule has 1 heterocycles. The van der Waals surface area contributed by atoms with Crippen LogP contribution in [0.5, 0.6) is 0 Å². The summed E-state index contributed by atoms with van der Waals surface area (Å²) in [6, 6.07) is 4.28. The van der Waals surface area contributed by atoms with Gasteiger partial charge in [-0.15, -0.1) is 0 Å². The van der Waals surface area contributed by atoms with E-state index in [9.17, 15) is 5.11 Å². The van der Waals surface area contributed by atoms with Crippen LogP contribution in [0.3, 0.4) is 0 Å². The Labute approximate surface area is 134 Å². The van der Waals surface area contributed by atoms with E-state index in [1.807, 2.05) is 13.2 Å². The van der Waals surface area contributed by atoms with Crippen molar-refractivity contribution in [1.29, 1.82) is 0 Å². The number of hydrogen-bond acceptors (Lipinski definition) is 1. The minimum Gasteiger partial charge on any atom is -1.00 e. The summed E-state index contributed by atoms with van der Waals surface area (Å²) in [5, 5.41) is 10.4. The molecule has 0 spiro atoms. The number of aromatic nitrogens is 1. The van der Waals surface area contributed by atoms with Crippen LogP contribution in [0.25, 0.3) is 0 Å². The molecule has 1 aromatic heterocycles. The summed E-state index contributed by atoms with van der Waals surface area (Å²) < 4.78 is 2.10. The summed E-state index contributed by atoms with van der Waals surface area (Å²) in [5.74, 6) is 0. The fourth-order valence-corrected chi connectivity index (χ4v) is 3.01. The lowest BCUT2D eigenvalue weighted by atomic mass is 9.96. The summed E-state index contributed by atoms with van der Waals surface area (Å²) in [7, 11) is 2.05. The Bertz CT molecular complexity index is 381. The summed E-state index contributed by atoms with van der Waals surface area (Å²) in [6.45, 7) is 0. The number of pyridine rings is 1. The van der Waals surface area contributed by atoms with Crippen molar-refractivity contribution in [3.8, 4) is 0 Å². The topological polar surface area (TPSA) is 24.1 Å². The largest absolute Gasteiger partial charge is 1.00 e. The first kappa shape index (κ1) is 16.9. The maximum Gasteiger partial charge on any atom is 0.213 e. The zero-order valence-corrected chi connectivity index (χ0v) is 14.1. The number of rotatable bonds is 0. The van der Waals surface area contributed by atoms with E-state index in [1.54, 1.807) is 0 Å². The second kappa shape index (κ2) is 8.90. The second-order valence-corrected chi connectivity index (χ2v) is 5.56. The van der Waals surface area contributed by atoms with Crippen LogP contribution in [0, 0.1) is 0 Å². The predicted molar refractivity (Wildman–Crippen MR) is 73.2 cm³/mol. The molecule has 1 aromatic rings. The molecule has 0 aromatic carbocycles. The molecule has 2 rings (SSSR count). The fourth-order valence-electron chi connectivity index (χ4n) is 3.01. The lowest BCUT2D eigenvalue weighted by Crippen LogP contribution is -3.00. The van der Waals surface area contributed by atoms with Gasteiger partial charge in [0.25, 0.3) is 0 Å². The molecule has 0 saturated heterocycles. The van der Waals surface area contributed by atoms with Crippen LogP contribution in [0.1, 0.15) is 68.7 Å². The highest BCUT2D eigenvalue weighted by molar-refractivity contribution is 5.18. The number of aryl methyl sites for hydroxylation is 2. The van der Waals surface area contributed by atoms with E-state index in [4.69, 9.17) is 0 Å². The molecule has 0 bridgehead atoms. The molecule has 2 nitrogen and oxygen atoms in total. The Kier molecular flexibility index (Phi) is 7.91. The predicted octanol–water partition coefficient (Wildman–Crippen LogP) is 0.225. The maximum absolute atomic E-state index is 10.4. The zero-order valence-electron chi connectivity index (χ0n) is 11.9. The Hall–Kier alpha value is -0.160. The fraction of sp³-hybridized carbons (Fsp3) is 0.688. The number of halogens is 1. The van der Waals surface area contributed by atoms with Crippen molar-refractivity contribution < 1.29 is 33.7 Å². The molecule has 3 heteroatoms. The van der Waals surface area contributed by atoms with Crippen molar-refractivity contribution in [3.05, 3.63) is 29.6 Å². The third-order valence-corrected chi connectivity index (χ3v) is 4.06. The van der Waals surface area contributed by atoms with Gasteiger partial charge in [0, 0.05) is 11.6 Å². The van der Waals surface area contributed by atoms with Gasteiger partial charge >= 0.3 is 0 Å². The smallest absolute Gasteiger partial charge is 0.213 e. The van der Waals surface area contributed by atoms with Crippen LogP contribution in [0.4, 0.5) is 0 Å². The minimum atomic E-state index is -0.286. The highest BCUT2D eigenvalue weighted by atomic mass is 127. The van der Waals surface area contributed by atoms with Crippen molar-refractivity contribution >= 4 is 0 Å². The van der Waals surface area contributed by atoms with E-state index in [0.717, 1.165) is 25.0 Å². The number of aliphatic hydroxyl groups excluding tert-OH is 1. The molecule has 108 valence electrons. The van der Waals surface area contributed by atoms with E-state index >= 15 is 0 Å². The lowest BCUT2D eigenvalue weighted by Gasteiger charge is -2.14. The number of hydrogen-bond donors (Lipinski definition) is 1. The van der Waals surface area contributed by atoms with Crippen LogP contribution in [-0.4, -0.2) is 5.11 Å². The first-order valence-corrected chi connectivity index (χ1v) is 7.44. The monoisotopic (exact) mass is 375 g/mol. The number of fused-ring (bicyclic) bond motifs is 1. The highest BCUT2D eigenvalue weighted by Crippen LogP contribution is 2.23. The zero-order chi connectivity index (χ0) is 12.8. The summed E-state index contributed by atoms with van der Waals surface area (Å²) >= 11 is 0. The van der Waals surface area contributed by atoms with Gasteiger partial charge in [-0.3, -0.25) is 0 Å². The molecule has 1 unspecified atom stereocenters. The summed E-state index contributed by atoms with van der Waals surface area (Å²) in [4.78, 5) is 0. The van der Waals surface area contributed by atoms with Gasteiger partial charge < -0.3 is 29.1 Å². The van der Waals surface area contributed by atoms with E-state index < -0.39 is 0 Å². The molecule has 1 aliphatic rings. The van der Waals surface area contributed by atoms with Crippen molar-refractivity contribution in [1.82, 2.24) is 0 Å². The van der Waals surface area contributed by atoms with Crippen LogP contribution >= 0.6 is 0 Å². The van der Waals surface area contributed by atoms with Crippen molar-refractivity contribution in [2.24, 2.45) is 7.05 Å². The Morgan fingerprint density at radius 1 is 1.05 bits per heavy atom. The Morgan fingerprint density at radius 2 is 1.68 bits per heavy atom. The van der Waals surface area contributed by atoms with Gasteiger partial charge in [-0.1, -0.05) is 38.5 Å². The van der Waals surface area contributed by atoms with Crippen molar-refractivity contribution in [2.45, 2.75) is 63.9 Å². The number of nitrogens with zero attached hydrogens (tertiary/aromatic N) is 1. The Balaban J connectivity index is 0.00000180. The van der Waals surface area contributed by atoms with Crippen LogP contribution in [0.2, 0.25) is 0 Å². The Morgan fingerprint density at radius 3 is 2.42 bits per heavy atom. The summed E-state index contributed by atoms with van der Waals surface area (Å²) in [6.07, 6.45) is 12.9. The van der Waals surface area contributed by atoms with Gasteiger partial charge in [0.15, 0.2) is 6.20 Å². The third kappa shape index (κ3) is 5.03. The van der Waals surface area contributed by atoms with E-state index in [1.165, 1.54) is 44.1 Å². The standard InChI is InChI=1S/C16H26NO.HI/c1-17-13-9-11-14-10-7-5-3-2-4-6-8-12-15(18)16(14)17;/h9,11,13,15,18H,2-8,10,12H2,1H3;1H/q+1;/p-1. The van der Waals surface area contributed by atoms with Gasteiger partial charge in [-0.2, -0.15) is 0 Å². The van der Waals surface area contributed by atoms with Crippen LogP contribution in [0.15, 0.2) is 18.3 Å². The molecular weight excluding hydrogens is 349 g/mol. The average Bonchev–Trinajstić information content (AvgIpc) is 2.35. The van der Waals surface area contributed by atoms with E-state index in [2.05, 4.69) is 16.7 Å². The third-order valence-electron chi connectivity index (χ3n) is 4.06. The quantitative estimate of drug-likeness (QED) is 0.510. The van der Waals surface area contributed by atoms with Gasteiger partial charge in [0.2, 0.25) is 5.69 Å². The molecule has 0 radical (unpaired) electrons. The molecule has 0 amide bonds. The molecule has 0 fully saturated rings. The first-order chi connectivity index (χ1) is 8.79. The first-order valence-electron chi connectivity index (χ1n) is 7.44. The summed E-state index contributed by atoms with van der Waals surface area (Å²) in [5.41, 5.74) is 2.48. The van der Waals surface area contributed by atoms with Gasteiger partial charge in [-0.05, 0) is 25.3 Å². The molecule has 0 aliphatic heterocycles. The molecule has 1 atom stereocenters. The van der Waals surface area contributed by atoms with E-state index in [-0.39, 0.29) is 30.1 Å². The normalized spacial score (nSPS) is 21.5. The van der Waals surface area contributed by atoms with Gasteiger partial charge in [0.1, 0.15) is 13.2 Å². The van der Waals surface area contributed by atoms with E-state index in [0.29, 0.717) is 0 Å². The second-order valence-electron chi connectivity index (χ2n) is 5.56. The average molecular weight is 375 g/mol. The highest BCUT2D eigenvalue weighted by Gasteiger charge is 2.21. The van der Waals surface area contributed by atoms with Gasteiger partial charge in [0.05, 0.1) is 0 Å². The maximum atomic E-state index is 10.4. The van der Waals surface area contributed by atoms with Crippen LogP contribution < -0.4 is 28.5 Å². The molecular formula is C16H26INO. The van der Waals surface area contributed by atoms with Crippen molar-refractivity contribution in [2.75, 3.05) is 0 Å². The lowest BCUT2D eigenvalue weighted by molar-refractivity contribution is -0.683. The molecule has 1 aliphatic carbocycles. The number of aliphatic hydroxyl groups is 1. The molecule has 0 saturated carbocycles. The van der Waals surface area contributed by atoms with Gasteiger partial charge in [-0.25, -0.2) is 4.57 Å². The van der Waals surface area contributed by atoms with Crippen LogP contribution in [-0.2, 0) is 13.5 Å². The molecule has 19 heavy (non-hydrogen) atoms. The SMILES string of the molecule is C[n+]1cccc2c1C(O)CCCCCCCCC2.[I-]. The molecule has 1 N–H and O–H groups in total.